The van der Waals surface area contributed by atoms with E-state index in [2.05, 4.69) is 5.32 Å². The molecule has 0 aromatic heterocycles. The molecule has 1 heterocycles. The van der Waals surface area contributed by atoms with Crippen molar-refractivity contribution in [3.05, 3.63) is 34.9 Å². The number of hydrogen-bond acceptors (Lipinski definition) is 3. The molecule has 1 unspecified atom stereocenters. The van der Waals surface area contributed by atoms with Gasteiger partial charge in [-0.25, -0.2) is 9.59 Å². The van der Waals surface area contributed by atoms with E-state index in [-0.39, 0.29) is 12.1 Å². The van der Waals surface area contributed by atoms with E-state index in [0.29, 0.717) is 17.1 Å². The van der Waals surface area contributed by atoms with Gasteiger partial charge in [-0.05, 0) is 13.0 Å². The Labute approximate surface area is 132 Å². The van der Waals surface area contributed by atoms with Crippen LogP contribution in [0.2, 0.25) is 5.02 Å². The van der Waals surface area contributed by atoms with Gasteiger partial charge in [-0.2, -0.15) is 11.8 Å². The van der Waals surface area contributed by atoms with Crippen molar-refractivity contribution >= 4 is 35.4 Å². The fourth-order valence-electron chi connectivity index (χ4n) is 2.22. The van der Waals surface area contributed by atoms with E-state index in [1.165, 1.54) is 0 Å². The van der Waals surface area contributed by atoms with E-state index in [4.69, 9.17) is 11.6 Å². The number of thioether (sulfide) groups is 1. The molecule has 0 aliphatic carbocycles. The second-order valence-corrected chi connectivity index (χ2v) is 6.42. The topological polar surface area (TPSA) is 69.6 Å². The number of urea groups is 1. The molecule has 1 aliphatic rings. The summed E-state index contributed by atoms with van der Waals surface area (Å²) in [4.78, 5) is 25.4. The van der Waals surface area contributed by atoms with Crippen molar-refractivity contribution in [2.75, 3.05) is 18.1 Å². The Hall–Kier alpha value is -1.40. The zero-order valence-corrected chi connectivity index (χ0v) is 13.2. The number of carboxylic acids is 1. The van der Waals surface area contributed by atoms with Crippen molar-refractivity contribution in [1.29, 1.82) is 0 Å². The summed E-state index contributed by atoms with van der Waals surface area (Å²) in [6.45, 7) is 2.57. The van der Waals surface area contributed by atoms with Gasteiger partial charge in [0.1, 0.15) is 0 Å². The Morgan fingerprint density at radius 2 is 2.19 bits per heavy atom. The fraction of sp³-hybridized carbons (Fsp3) is 0.429. The molecule has 0 radical (unpaired) electrons. The number of carboxylic acid groups (broad SMARTS) is 1. The second kappa shape index (κ2) is 7.04. The lowest BCUT2D eigenvalue weighted by Gasteiger charge is -2.34. The molecule has 1 aliphatic heterocycles. The minimum absolute atomic E-state index is 0.0874. The van der Waals surface area contributed by atoms with E-state index in [1.54, 1.807) is 40.9 Å². The maximum Gasteiger partial charge on any atom is 0.331 e. The number of hydrogen-bond donors (Lipinski definition) is 2. The summed E-state index contributed by atoms with van der Waals surface area (Å²) in [5.74, 6) is 0.592. The summed E-state index contributed by atoms with van der Waals surface area (Å²) >= 11 is 7.82. The number of carbonyl (C=O) groups is 2. The van der Waals surface area contributed by atoms with Crippen LogP contribution in [0, 0.1) is 0 Å². The molecule has 2 N–H and O–H groups in total. The van der Waals surface area contributed by atoms with Gasteiger partial charge in [-0.15, -0.1) is 0 Å². The number of nitrogens with one attached hydrogen (secondary N) is 1. The van der Waals surface area contributed by atoms with Crippen LogP contribution >= 0.6 is 23.4 Å². The third-order valence-electron chi connectivity index (χ3n) is 3.36. The largest absolute Gasteiger partial charge is 0.479 e. The third-order valence-corrected chi connectivity index (χ3v) is 4.89. The van der Waals surface area contributed by atoms with Gasteiger partial charge < -0.3 is 15.3 Å². The number of halogens is 1. The molecule has 1 aromatic rings. The van der Waals surface area contributed by atoms with Crippen LogP contribution in [-0.4, -0.2) is 46.1 Å². The van der Waals surface area contributed by atoms with Crippen molar-refractivity contribution in [3.8, 4) is 0 Å². The number of aliphatic carboxylic acids is 1. The average molecular weight is 329 g/mol. The van der Waals surface area contributed by atoms with Gasteiger partial charge in [0.05, 0.1) is 0 Å². The smallest absolute Gasteiger partial charge is 0.331 e. The van der Waals surface area contributed by atoms with E-state index < -0.39 is 12.0 Å². The monoisotopic (exact) mass is 328 g/mol. The summed E-state index contributed by atoms with van der Waals surface area (Å²) in [5.41, 5.74) is 0.388. The van der Waals surface area contributed by atoms with Crippen LogP contribution in [0.4, 0.5) is 4.79 Å². The van der Waals surface area contributed by atoms with Crippen LogP contribution < -0.4 is 5.32 Å². The Morgan fingerprint density at radius 1 is 1.48 bits per heavy atom. The molecule has 5 nitrogen and oxygen atoms in total. The van der Waals surface area contributed by atoms with Gasteiger partial charge >= 0.3 is 12.0 Å². The van der Waals surface area contributed by atoms with Crippen LogP contribution in [0.15, 0.2) is 24.3 Å². The van der Waals surface area contributed by atoms with Crippen molar-refractivity contribution in [3.63, 3.8) is 0 Å². The molecular weight excluding hydrogens is 312 g/mol. The number of benzene rings is 1. The zero-order chi connectivity index (χ0) is 15.4. The highest BCUT2D eigenvalue weighted by Gasteiger charge is 2.29. The minimum atomic E-state index is -1.15. The van der Waals surface area contributed by atoms with Crippen molar-refractivity contribution in [2.45, 2.75) is 19.0 Å². The lowest BCUT2D eigenvalue weighted by Crippen LogP contribution is -2.51. The summed E-state index contributed by atoms with van der Waals surface area (Å²) in [6, 6.07) is 5.21. The van der Waals surface area contributed by atoms with E-state index in [0.717, 1.165) is 11.5 Å². The minimum Gasteiger partial charge on any atom is -0.479 e. The second-order valence-electron chi connectivity index (χ2n) is 4.86. The number of nitrogens with zero attached hydrogens (tertiary/aromatic N) is 1. The molecule has 1 aromatic carbocycles. The Balaban J connectivity index is 2.15. The predicted octanol–water partition coefficient (Wildman–Crippen LogP) is 2.61. The fourth-order valence-corrected chi connectivity index (χ4v) is 3.48. The first-order valence-corrected chi connectivity index (χ1v) is 8.16. The van der Waals surface area contributed by atoms with Gasteiger partial charge in [0.2, 0.25) is 0 Å². The molecule has 2 amide bonds. The molecule has 114 valence electrons. The first-order valence-electron chi connectivity index (χ1n) is 6.63. The number of rotatable bonds is 3. The highest BCUT2D eigenvalue weighted by molar-refractivity contribution is 7.99. The number of carbonyl (C=O) groups excluding carboxylic acids is 1. The molecule has 7 heteroatoms. The van der Waals surface area contributed by atoms with E-state index in [1.807, 2.05) is 6.92 Å². The Bertz CT molecular complexity index is 541. The SMILES string of the molecule is CC1CSCCN1C(=O)N[C@@H](C(=O)O)c1ccccc1Cl. The van der Waals surface area contributed by atoms with Gasteiger partial charge in [0, 0.05) is 34.7 Å². The van der Waals surface area contributed by atoms with Crippen LogP contribution in [0.3, 0.4) is 0 Å². The van der Waals surface area contributed by atoms with Crippen molar-refractivity contribution in [1.82, 2.24) is 10.2 Å². The van der Waals surface area contributed by atoms with Gasteiger partial charge in [0.15, 0.2) is 6.04 Å². The highest BCUT2D eigenvalue weighted by Crippen LogP contribution is 2.24. The van der Waals surface area contributed by atoms with E-state index >= 15 is 0 Å². The van der Waals surface area contributed by atoms with Crippen LogP contribution in [0.1, 0.15) is 18.5 Å². The maximum absolute atomic E-state index is 12.3. The molecule has 2 rings (SSSR count). The van der Waals surface area contributed by atoms with Crippen molar-refractivity contribution < 1.29 is 14.7 Å². The van der Waals surface area contributed by atoms with Crippen molar-refractivity contribution in [2.24, 2.45) is 0 Å². The van der Waals surface area contributed by atoms with E-state index in [9.17, 15) is 14.7 Å². The molecule has 2 atom stereocenters. The van der Waals surface area contributed by atoms with Gasteiger partial charge in [0.25, 0.3) is 0 Å². The summed E-state index contributed by atoms with van der Waals surface area (Å²) in [5, 5.41) is 12.3. The molecule has 0 spiro atoms. The van der Waals surface area contributed by atoms with Crippen LogP contribution in [0.25, 0.3) is 0 Å². The quantitative estimate of drug-likeness (QED) is 0.895. The molecular formula is C14H17ClN2O3S. The number of amides is 2. The molecule has 0 bridgehead atoms. The van der Waals surface area contributed by atoms with Crippen LogP contribution in [-0.2, 0) is 4.79 Å². The predicted molar refractivity (Wildman–Crippen MR) is 83.9 cm³/mol. The standard InChI is InChI=1S/C14H17ClN2O3S/c1-9-8-21-7-6-17(9)14(20)16-12(13(18)19)10-4-2-3-5-11(10)15/h2-5,9,12H,6-8H2,1H3,(H,16,20)(H,18,19)/t9?,12-/m1/s1. The highest BCUT2D eigenvalue weighted by atomic mass is 35.5. The first-order chi connectivity index (χ1) is 10.0. The summed E-state index contributed by atoms with van der Waals surface area (Å²) in [6.07, 6.45) is 0. The molecule has 1 fully saturated rings. The molecule has 0 saturated carbocycles. The molecule has 1 saturated heterocycles. The Morgan fingerprint density at radius 3 is 2.81 bits per heavy atom. The maximum atomic E-state index is 12.3. The molecule has 21 heavy (non-hydrogen) atoms. The van der Waals surface area contributed by atoms with Crippen LogP contribution in [0.5, 0.6) is 0 Å². The lowest BCUT2D eigenvalue weighted by atomic mass is 10.1. The summed E-state index contributed by atoms with van der Waals surface area (Å²) in [7, 11) is 0. The van der Waals surface area contributed by atoms with Gasteiger partial charge in [-0.3, -0.25) is 0 Å². The normalized spacial score (nSPS) is 19.9. The Kier molecular flexibility index (Phi) is 5.36. The average Bonchev–Trinajstić information content (AvgIpc) is 2.45. The third kappa shape index (κ3) is 3.83. The van der Waals surface area contributed by atoms with Gasteiger partial charge in [-0.1, -0.05) is 29.8 Å². The zero-order valence-electron chi connectivity index (χ0n) is 11.6. The first kappa shape index (κ1) is 16.0. The lowest BCUT2D eigenvalue weighted by molar-refractivity contribution is -0.139. The summed E-state index contributed by atoms with van der Waals surface area (Å²) < 4.78 is 0.